The summed E-state index contributed by atoms with van der Waals surface area (Å²) in [7, 11) is 0. The number of carbonyl (C=O) groups is 1. The Morgan fingerprint density at radius 1 is 1.40 bits per heavy atom. The van der Waals surface area contributed by atoms with Gasteiger partial charge in [0.2, 0.25) is 6.41 Å². The number of thioether (sulfide) groups is 1. The average molecular weight is 235 g/mol. The second-order valence-electron chi connectivity index (χ2n) is 2.67. The Morgan fingerprint density at radius 3 is 2.53 bits per heavy atom. The Balaban J connectivity index is 3.22. The Labute approximate surface area is 88.9 Å². The third-order valence-corrected chi connectivity index (χ3v) is 2.47. The van der Waals surface area contributed by atoms with Gasteiger partial charge in [0.25, 0.3) is 0 Å². The molecule has 0 aliphatic carbocycles. The third-order valence-electron chi connectivity index (χ3n) is 1.75. The van der Waals surface area contributed by atoms with E-state index in [9.17, 15) is 18.0 Å². The molecule has 0 spiro atoms. The van der Waals surface area contributed by atoms with Crippen LogP contribution in [0.5, 0.6) is 0 Å². The van der Waals surface area contributed by atoms with Crippen molar-refractivity contribution in [3.8, 4) is 0 Å². The lowest BCUT2D eigenvalue weighted by Crippen LogP contribution is -2.10. The van der Waals surface area contributed by atoms with Gasteiger partial charge >= 0.3 is 6.18 Å². The summed E-state index contributed by atoms with van der Waals surface area (Å²) >= 11 is 1.21. The normalized spacial score (nSPS) is 11.2. The third kappa shape index (κ3) is 2.89. The lowest BCUT2D eigenvalue weighted by atomic mass is 10.1. The molecule has 0 atom stereocenters. The van der Waals surface area contributed by atoms with Crippen molar-refractivity contribution in [2.45, 2.75) is 11.1 Å². The highest BCUT2D eigenvalue weighted by Gasteiger charge is 2.33. The molecular formula is C9H8F3NOS. The SMILES string of the molecule is CSc1ccc(NC=O)c(C(F)(F)F)c1. The van der Waals surface area contributed by atoms with Crippen molar-refractivity contribution in [2.75, 3.05) is 11.6 Å². The highest BCUT2D eigenvalue weighted by molar-refractivity contribution is 7.98. The fourth-order valence-corrected chi connectivity index (χ4v) is 1.51. The van der Waals surface area contributed by atoms with Crippen LogP contribution in [0.25, 0.3) is 0 Å². The molecular weight excluding hydrogens is 227 g/mol. The van der Waals surface area contributed by atoms with Crippen molar-refractivity contribution in [3.05, 3.63) is 23.8 Å². The van der Waals surface area contributed by atoms with Gasteiger partial charge in [0.15, 0.2) is 0 Å². The average Bonchev–Trinajstić information content (AvgIpc) is 2.17. The van der Waals surface area contributed by atoms with Crippen LogP contribution in [-0.2, 0) is 11.0 Å². The number of amides is 1. The second-order valence-corrected chi connectivity index (χ2v) is 3.55. The van der Waals surface area contributed by atoms with E-state index in [2.05, 4.69) is 0 Å². The molecule has 0 aliphatic heterocycles. The van der Waals surface area contributed by atoms with Gasteiger partial charge in [-0.2, -0.15) is 13.2 Å². The highest BCUT2D eigenvalue weighted by Crippen LogP contribution is 2.36. The molecule has 0 aliphatic rings. The van der Waals surface area contributed by atoms with Crippen LogP contribution in [0.15, 0.2) is 23.1 Å². The first-order valence-corrected chi connectivity index (χ1v) is 5.17. The van der Waals surface area contributed by atoms with E-state index in [1.165, 1.54) is 23.9 Å². The Hall–Kier alpha value is -1.17. The summed E-state index contributed by atoms with van der Waals surface area (Å²) in [6, 6.07) is 3.77. The summed E-state index contributed by atoms with van der Waals surface area (Å²) in [6.45, 7) is 0. The smallest absolute Gasteiger partial charge is 0.328 e. The molecule has 0 saturated heterocycles. The summed E-state index contributed by atoms with van der Waals surface area (Å²) in [4.78, 5) is 10.6. The van der Waals surface area contributed by atoms with Gasteiger partial charge in [-0.1, -0.05) is 0 Å². The molecule has 1 aromatic rings. The highest BCUT2D eigenvalue weighted by atomic mass is 32.2. The molecule has 6 heteroatoms. The molecule has 0 radical (unpaired) electrons. The van der Waals surface area contributed by atoms with Crippen molar-refractivity contribution in [1.82, 2.24) is 0 Å². The molecule has 1 N–H and O–H groups in total. The van der Waals surface area contributed by atoms with E-state index < -0.39 is 11.7 Å². The number of carbonyl (C=O) groups excluding carboxylic acids is 1. The Kier molecular flexibility index (Phi) is 3.62. The van der Waals surface area contributed by atoms with Crippen molar-refractivity contribution in [1.29, 1.82) is 0 Å². The minimum atomic E-state index is -4.46. The van der Waals surface area contributed by atoms with Crippen LogP contribution in [0.2, 0.25) is 0 Å². The summed E-state index contributed by atoms with van der Waals surface area (Å²) in [5, 5.41) is 2.02. The van der Waals surface area contributed by atoms with Gasteiger partial charge in [-0.3, -0.25) is 4.79 Å². The zero-order valence-corrected chi connectivity index (χ0v) is 8.58. The quantitative estimate of drug-likeness (QED) is 0.644. The monoisotopic (exact) mass is 235 g/mol. The fourth-order valence-electron chi connectivity index (χ4n) is 1.07. The van der Waals surface area contributed by atoms with Gasteiger partial charge in [-0.05, 0) is 24.5 Å². The number of hydrogen-bond acceptors (Lipinski definition) is 2. The van der Waals surface area contributed by atoms with E-state index in [1.54, 1.807) is 6.26 Å². The van der Waals surface area contributed by atoms with Crippen molar-refractivity contribution < 1.29 is 18.0 Å². The number of rotatable bonds is 3. The van der Waals surface area contributed by atoms with Crippen LogP contribution in [0.1, 0.15) is 5.56 Å². The fraction of sp³-hybridized carbons (Fsp3) is 0.222. The zero-order chi connectivity index (χ0) is 11.5. The van der Waals surface area contributed by atoms with Gasteiger partial charge in [0, 0.05) is 4.90 Å². The molecule has 0 bridgehead atoms. The Morgan fingerprint density at radius 2 is 2.07 bits per heavy atom. The lowest BCUT2D eigenvalue weighted by Gasteiger charge is -2.12. The predicted octanol–water partition coefficient (Wildman–Crippen LogP) is 3.00. The molecule has 0 unspecified atom stereocenters. The van der Waals surface area contributed by atoms with Crippen LogP contribution in [0.3, 0.4) is 0 Å². The van der Waals surface area contributed by atoms with Crippen molar-refractivity contribution >= 4 is 23.9 Å². The van der Waals surface area contributed by atoms with Gasteiger partial charge in [0.1, 0.15) is 0 Å². The van der Waals surface area contributed by atoms with Crippen LogP contribution in [0, 0.1) is 0 Å². The summed E-state index contributed by atoms with van der Waals surface area (Å²) in [5.74, 6) is 0. The first kappa shape index (κ1) is 11.9. The van der Waals surface area contributed by atoms with Gasteiger partial charge in [-0.25, -0.2) is 0 Å². The lowest BCUT2D eigenvalue weighted by molar-refractivity contribution is -0.137. The summed E-state index contributed by atoms with van der Waals surface area (Å²) in [5.41, 5.74) is -1.06. The standard InChI is InChI=1S/C9H8F3NOS/c1-15-6-2-3-8(13-5-14)7(4-6)9(10,11)12/h2-5H,1H3,(H,13,14). The van der Waals surface area contributed by atoms with E-state index in [0.29, 0.717) is 4.90 Å². The van der Waals surface area contributed by atoms with E-state index in [1.807, 2.05) is 5.32 Å². The first-order valence-electron chi connectivity index (χ1n) is 3.94. The molecule has 0 saturated carbocycles. The molecule has 1 aromatic carbocycles. The molecule has 0 heterocycles. The molecule has 1 amide bonds. The van der Waals surface area contributed by atoms with Crippen LogP contribution < -0.4 is 5.32 Å². The van der Waals surface area contributed by atoms with Gasteiger partial charge in [-0.15, -0.1) is 11.8 Å². The Bertz CT molecular complexity index is 365. The van der Waals surface area contributed by atoms with E-state index in [0.717, 1.165) is 6.07 Å². The maximum absolute atomic E-state index is 12.5. The predicted molar refractivity (Wildman–Crippen MR) is 52.9 cm³/mol. The number of halogens is 3. The van der Waals surface area contributed by atoms with Crippen LogP contribution in [-0.4, -0.2) is 12.7 Å². The largest absolute Gasteiger partial charge is 0.418 e. The first-order chi connectivity index (χ1) is 6.99. The van der Waals surface area contributed by atoms with Crippen LogP contribution in [0.4, 0.5) is 18.9 Å². The number of alkyl halides is 3. The molecule has 15 heavy (non-hydrogen) atoms. The maximum atomic E-state index is 12.5. The van der Waals surface area contributed by atoms with Gasteiger partial charge < -0.3 is 5.32 Å². The van der Waals surface area contributed by atoms with Gasteiger partial charge in [0.05, 0.1) is 11.3 Å². The van der Waals surface area contributed by atoms with E-state index in [4.69, 9.17) is 0 Å². The molecule has 1 rings (SSSR count). The van der Waals surface area contributed by atoms with Crippen molar-refractivity contribution in [2.24, 2.45) is 0 Å². The summed E-state index contributed by atoms with van der Waals surface area (Å²) in [6.07, 6.45) is -2.55. The van der Waals surface area contributed by atoms with Crippen molar-refractivity contribution in [3.63, 3.8) is 0 Å². The number of hydrogen-bond donors (Lipinski definition) is 1. The van der Waals surface area contributed by atoms with E-state index >= 15 is 0 Å². The number of benzene rings is 1. The minimum Gasteiger partial charge on any atom is -0.328 e. The second kappa shape index (κ2) is 4.57. The molecule has 0 aromatic heterocycles. The molecule has 0 fully saturated rings. The maximum Gasteiger partial charge on any atom is 0.418 e. The van der Waals surface area contributed by atoms with E-state index in [-0.39, 0.29) is 12.1 Å². The topological polar surface area (TPSA) is 29.1 Å². The van der Waals surface area contributed by atoms with Crippen LogP contribution >= 0.6 is 11.8 Å². The number of anilines is 1. The summed E-state index contributed by atoms with van der Waals surface area (Å²) < 4.78 is 37.6. The zero-order valence-electron chi connectivity index (χ0n) is 7.76. The molecule has 2 nitrogen and oxygen atoms in total. The molecule has 82 valence electrons. The number of nitrogens with one attached hydrogen (secondary N) is 1. The minimum absolute atomic E-state index is 0.226.